The van der Waals surface area contributed by atoms with Crippen LogP contribution < -0.4 is 19.5 Å². The first-order chi connectivity index (χ1) is 11.5. The molecule has 24 heavy (non-hydrogen) atoms. The molecular weight excluding hydrogens is 310 g/mol. The largest absolute Gasteiger partial charge is 0.493 e. The Morgan fingerprint density at radius 2 is 1.88 bits per heavy atom. The topological polar surface area (TPSA) is 74.6 Å². The van der Waals surface area contributed by atoms with Crippen LogP contribution in [0.15, 0.2) is 12.1 Å². The van der Waals surface area contributed by atoms with Crippen LogP contribution in [0.5, 0.6) is 17.2 Å². The molecule has 0 fully saturated rings. The van der Waals surface area contributed by atoms with Crippen molar-refractivity contribution < 1.29 is 19.0 Å². The van der Waals surface area contributed by atoms with Crippen molar-refractivity contribution in [3.05, 3.63) is 29.0 Å². The van der Waals surface area contributed by atoms with Crippen LogP contribution in [0.25, 0.3) is 0 Å². The molecule has 128 valence electrons. The molecule has 2 heterocycles. The van der Waals surface area contributed by atoms with Gasteiger partial charge < -0.3 is 19.5 Å². The second-order valence-corrected chi connectivity index (χ2v) is 5.70. The molecule has 0 saturated carbocycles. The maximum absolute atomic E-state index is 12.2. The number of nitrogens with zero attached hydrogens (tertiary/aromatic N) is 2. The first-order valence-electron chi connectivity index (χ1n) is 7.64. The molecule has 1 aromatic heterocycles. The Bertz CT molecular complexity index is 798. The molecule has 1 aliphatic rings. The summed E-state index contributed by atoms with van der Waals surface area (Å²) in [5.41, 5.74) is 2.76. The summed E-state index contributed by atoms with van der Waals surface area (Å²) in [6.45, 7) is 1.94. The summed E-state index contributed by atoms with van der Waals surface area (Å²) < 4.78 is 18.1. The van der Waals surface area contributed by atoms with Gasteiger partial charge in [-0.05, 0) is 13.0 Å². The van der Waals surface area contributed by atoms with Crippen LogP contribution >= 0.6 is 0 Å². The highest BCUT2D eigenvalue weighted by Crippen LogP contribution is 2.48. The Kier molecular flexibility index (Phi) is 4.09. The Labute approximate surface area is 140 Å². The molecule has 7 heteroatoms. The van der Waals surface area contributed by atoms with Gasteiger partial charge in [0.15, 0.2) is 11.5 Å². The standard InChI is InChI=1S/C17H21N3O4/c1-9-14-11(8-13(21)18-17(14)20(2)19-9)10-6-7-12(22-3)16(24-5)15(10)23-4/h6-7,11H,8H2,1-5H3,(H,18,21)/t11-/m1/s1. The number of hydrogen-bond donors (Lipinski definition) is 1. The van der Waals surface area contributed by atoms with Gasteiger partial charge in [-0.25, -0.2) is 0 Å². The predicted molar refractivity (Wildman–Crippen MR) is 89.1 cm³/mol. The van der Waals surface area contributed by atoms with E-state index >= 15 is 0 Å². The highest BCUT2D eigenvalue weighted by molar-refractivity contribution is 5.94. The predicted octanol–water partition coefficient (Wildman–Crippen LogP) is 2.23. The van der Waals surface area contributed by atoms with Gasteiger partial charge in [-0.1, -0.05) is 6.07 Å². The Balaban J connectivity index is 2.22. The number of carbonyl (C=O) groups excluding carboxylic acids is 1. The van der Waals surface area contributed by atoms with E-state index in [1.807, 2.05) is 26.1 Å². The molecule has 0 saturated heterocycles. The summed E-state index contributed by atoms with van der Waals surface area (Å²) in [4.78, 5) is 12.2. The van der Waals surface area contributed by atoms with Crippen molar-refractivity contribution in [3.63, 3.8) is 0 Å². The van der Waals surface area contributed by atoms with Crippen LogP contribution in [0.4, 0.5) is 5.82 Å². The van der Waals surface area contributed by atoms with E-state index in [9.17, 15) is 4.79 Å². The summed E-state index contributed by atoms with van der Waals surface area (Å²) in [5, 5.41) is 7.34. The monoisotopic (exact) mass is 331 g/mol. The number of aryl methyl sites for hydroxylation is 2. The average molecular weight is 331 g/mol. The second kappa shape index (κ2) is 6.07. The third-order valence-electron chi connectivity index (χ3n) is 4.37. The average Bonchev–Trinajstić information content (AvgIpc) is 2.86. The van der Waals surface area contributed by atoms with Gasteiger partial charge in [0.05, 0.1) is 27.0 Å². The number of ether oxygens (including phenoxy) is 3. The minimum atomic E-state index is -0.155. The van der Waals surface area contributed by atoms with Gasteiger partial charge in [0, 0.05) is 30.5 Å². The molecule has 0 bridgehead atoms. The molecule has 0 radical (unpaired) electrons. The SMILES string of the molecule is COc1ccc([C@H]2CC(=O)Nc3c2c(C)nn3C)c(OC)c1OC. The van der Waals surface area contributed by atoms with Crippen molar-refractivity contribution in [2.24, 2.45) is 7.05 Å². The van der Waals surface area contributed by atoms with E-state index in [2.05, 4.69) is 10.4 Å². The first kappa shape index (κ1) is 16.2. The number of fused-ring (bicyclic) bond motifs is 1. The zero-order chi connectivity index (χ0) is 17.4. The summed E-state index contributed by atoms with van der Waals surface area (Å²) in [6, 6.07) is 3.74. The van der Waals surface area contributed by atoms with Crippen molar-refractivity contribution in [3.8, 4) is 17.2 Å². The lowest BCUT2D eigenvalue weighted by Crippen LogP contribution is -2.25. The van der Waals surface area contributed by atoms with Crippen LogP contribution in [-0.2, 0) is 11.8 Å². The van der Waals surface area contributed by atoms with Crippen LogP contribution in [0.2, 0.25) is 0 Å². The van der Waals surface area contributed by atoms with E-state index in [0.29, 0.717) is 23.7 Å². The van der Waals surface area contributed by atoms with Gasteiger partial charge in [-0.3, -0.25) is 9.48 Å². The third kappa shape index (κ3) is 2.36. The summed E-state index contributed by atoms with van der Waals surface area (Å²) in [7, 11) is 6.55. The van der Waals surface area contributed by atoms with E-state index < -0.39 is 0 Å². The van der Waals surface area contributed by atoms with E-state index in [0.717, 1.165) is 22.6 Å². The third-order valence-corrected chi connectivity index (χ3v) is 4.37. The molecule has 1 N–H and O–H groups in total. The second-order valence-electron chi connectivity index (χ2n) is 5.70. The van der Waals surface area contributed by atoms with Gasteiger partial charge in [-0.2, -0.15) is 5.10 Å². The zero-order valence-electron chi connectivity index (χ0n) is 14.5. The van der Waals surface area contributed by atoms with Gasteiger partial charge in [0.25, 0.3) is 0 Å². The Hall–Kier alpha value is -2.70. The lowest BCUT2D eigenvalue weighted by Gasteiger charge is -2.26. The maximum Gasteiger partial charge on any atom is 0.226 e. The van der Waals surface area contributed by atoms with Crippen LogP contribution in [0, 0.1) is 6.92 Å². The number of methoxy groups -OCH3 is 3. The molecule has 0 spiro atoms. The highest BCUT2D eigenvalue weighted by atomic mass is 16.5. The first-order valence-corrected chi connectivity index (χ1v) is 7.64. The number of carbonyl (C=O) groups is 1. The van der Waals surface area contributed by atoms with Crippen molar-refractivity contribution >= 4 is 11.7 Å². The molecule has 1 atom stereocenters. The molecule has 1 aliphatic heterocycles. The van der Waals surface area contributed by atoms with Crippen molar-refractivity contribution in [1.82, 2.24) is 9.78 Å². The number of hydrogen-bond acceptors (Lipinski definition) is 5. The molecule has 2 aromatic rings. The fraction of sp³-hybridized carbons (Fsp3) is 0.412. The number of rotatable bonds is 4. The maximum atomic E-state index is 12.2. The minimum absolute atomic E-state index is 0.0488. The summed E-state index contributed by atoms with van der Waals surface area (Å²) >= 11 is 0. The van der Waals surface area contributed by atoms with Gasteiger partial charge in [0.2, 0.25) is 11.7 Å². The molecule has 0 unspecified atom stereocenters. The molecule has 3 rings (SSSR count). The Morgan fingerprint density at radius 1 is 1.17 bits per heavy atom. The highest BCUT2D eigenvalue weighted by Gasteiger charge is 2.34. The normalized spacial score (nSPS) is 16.4. The fourth-order valence-corrected chi connectivity index (χ4v) is 3.37. The van der Waals surface area contributed by atoms with E-state index in [4.69, 9.17) is 14.2 Å². The van der Waals surface area contributed by atoms with Crippen molar-refractivity contribution in [1.29, 1.82) is 0 Å². The number of anilines is 1. The van der Waals surface area contributed by atoms with E-state index in [-0.39, 0.29) is 11.8 Å². The van der Waals surface area contributed by atoms with Crippen molar-refractivity contribution in [2.45, 2.75) is 19.3 Å². The lowest BCUT2D eigenvalue weighted by atomic mass is 9.85. The van der Waals surface area contributed by atoms with Crippen molar-refractivity contribution in [2.75, 3.05) is 26.6 Å². The number of amides is 1. The van der Waals surface area contributed by atoms with Crippen LogP contribution in [0.3, 0.4) is 0 Å². The Morgan fingerprint density at radius 3 is 2.50 bits per heavy atom. The minimum Gasteiger partial charge on any atom is -0.493 e. The number of benzene rings is 1. The molecule has 0 aliphatic carbocycles. The summed E-state index contributed by atoms with van der Waals surface area (Å²) in [5.74, 6) is 2.20. The zero-order valence-corrected chi connectivity index (χ0v) is 14.5. The van der Waals surface area contributed by atoms with Gasteiger partial charge in [0.1, 0.15) is 5.82 Å². The number of aromatic nitrogens is 2. The van der Waals surface area contributed by atoms with Gasteiger partial charge >= 0.3 is 0 Å². The summed E-state index contributed by atoms with van der Waals surface area (Å²) in [6.07, 6.45) is 0.325. The van der Waals surface area contributed by atoms with Crippen LogP contribution in [-0.4, -0.2) is 37.0 Å². The quantitative estimate of drug-likeness (QED) is 0.930. The van der Waals surface area contributed by atoms with E-state index in [1.54, 1.807) is 26.0 Å². The number of nitrogens with one attached hydrogen (secondary N) is 1. The molecular formula is C17H21N3O4. The molecule has 1 amide bonds. The molecule has 1 aromatic carbocycles. The smallest absolute Gasteiger partial charge is 0.226 e. The lowest BCUT2D eigenvalue weighted by molar-refractivity contribution is -0.116. The fourth-order valence-electron chi connectivity index (χ4n) is 3.37. The van der Waals surface area contributed by atoms with E-state index in [1.165, 1.54) is 0 Å². The van der Waals surface area contributed by atoms with Gasteiger partial charge in [-0.15, -0.1) is 0 Å². The van der Waals surface area contributed by atoms with Crippen LogP contribution in [0.1, 0.15) is 29.2 Å². The molecule has 7 nitrogen and oxygen atoms in total.